The fraction of sp³-hybridized carbons (Fsp3) is 0.909. The van der Waals surface area contributed by atoms with Gasteiger partial charge in [0.15, 0.2) is 9.84 Å². The molecule has 2 rings (SSSR count). The molecule has 2 aliphatic heterocycles. The van der Waals surface area contributed by atoms with Gasteiger partial charge in [-0.1, -0.05) is 0 Å². The van der Waals surface area contributed by atoms with Gasteiger partial charge in [0.25, 0.3) is 0 Å². The van der Waals surface area contributed by atoms with Crippen molar-refractivity contribution in [2.75, 3.05) is 31.6 Å². The molecule has 0 aliphatic carbocycles. The standard InChI is InChI=1S/C11H20N2O3S/c1-12-10-2-5-13(6-3-10)11(14)9-4-7-17(15,16)8-9/h9-10,12H,2-8H2,1H3. The number of nitrogens with zero attached hydrogens (tertiary/aromatic N) is 1. The number of carbonyl (C=O) groups is 1. The van der Waals surface area contributed by atoms with Crippen LogP contribution in [-0.2, 0) is 14.6 Å². The minimum absolute atomic E-state index is 0.0422. The van der Waals surface area contributed by atoms with Gasteiger partial charge in [-0.15, -0.1) is 0 Å². The number of carbonyl (C=O) groups excluding carboxylic acids is 1. The Balaban J connectivity index is 1.89. The van der Waals surface area contributed by atoms with E-state index in [1.807, 2.05) is 11.9 Å². The summed E-state index contributed by atoms with van der Waals surface area (Å²) in [5.41, 5.74) is 0. The molecule has 0 radical (unpaired) electrons. The Morgan fingerprint density at radius 2 is 1.88 bits per heavy atom. The average Bonchev–Trinajstić information content (AvgIpc) is 2.69. The van der Waals surface area contributed by atoms with Gasteiger partial charge >= 0.3 is 0 Å². The van der Waals surface area contributed by atoms with E-state index in [9.17, 15) is 13.2 Å². The van der Waals surface area contributed by atoms with Crippen molar-refractivity contribution in [3.05, 3.63) is 0 Å². The summed E-state index contributed by atoms with van der Waals surface area (Å²) in [6.07, 6.45) is 2.43. The smallest absolute Gasteiger partial charge is 0.226 e. The molecule has 1 N–H and O–H groups in total. The molecule has 0 spiro atoms. The second-order valence-electron chi connectivity index (χ2n) is 4.99. The summed E-state index contributed by atoms with van der Waals surface area (Å²) in [4.78, 5) is 14.0. The van der Waals surface area contributed by atoms with E-state index in [4.69, 9.17) is 0 Å². The van der Waals surface area contributed by atoms with Crippen molar-refractivity contribution in [1.29, 1.82) is 0 Å². The highest BCUT2D eigenvalue weighted by Gasteiger charge is 2.36. The van der Waals surface area contributed by atoms with Crippen LogP contribution in [0.5, 0.6) is 0 Å². The third-order valence-corrected chi connectivity index (χ3v) is 5.56. The van der Waals surface area contributed by atoms with Crippen LogP contribution in [0.15, 0.2) is 0 Å². The van der Waals surface area contributed by atoms with Crippen LogP contribution in [0.1, 0.15) is 19.3 Å². The molecule has 0 aromatic heterocycles. The lowest BCUT2D eigenvalue weighted by atomic mass is 10.0. The Morgan fingerprint density at radius 3 is 2.35 bits per heavy atom. The van der Waals surface area contributed by atoms with Gasteiger partial charge in [-0.05, 0) is 26.3 Å². The van der Waals surface area contributed by atoms with E-state index in [0.717, 1.165) is 25.9 Å². The second-order valence-corrected chi connectivity index (χ2v) is 7.22. The normalized spacial score (nSPS) is 29.5. The summed E-state index contributed by atoms with van der Waals surface area (Å²) in [5.74, 6) is -0.0134. The number of sulfone groups is 1. The molecule has 2 heterocycles. The first-order valence-electron chi connectivity index (χ1n) is 6.18. The third kappa shape index (κ3) is 2.98. The van der Waals surface area contributed by atoms with Crippen LogP contribution in [-0.4, -0.2) is 56.9 Å². The first-order valence-corrected chi connectivity index (χ1v) is 8.00. The molecule has 1 amide bonds. The largest absolute Gasteiger partial charge is 0.342 e. The van der Waals surface area contributed by atoms with Crippen LogP contribution in [0, 0.1) is 5.92 Å². The number of amides is 1. The Kier molecular flexibility index (Phi) is 3.73. The van der Waals surface area contributed by atoms with Gasteiger partial charge in [-0.2, -0.15) is 0 Å². The molecule has 98 valence electrons. The predicted octanol–water partition coefficient (Wildman–Crippen LogP) is -0.368. The summed E-state index contributed by atoms with van der Waals surface area (Å²) in [7, 11) is -1.02. The number of piperidine rings is 1. The van der Waals surface area contributed by atoms with Crippen LogP contribution in [0.2, 0.25) is 0 Å². The van der Waals surface area contributed by atoms with Crippen molar-refractivity contribution in [2.24, 2.45) is 5.92 Å². The van der Waals surface area contributed by atoms with Gasteiger partial charge in [-0.25, -0.2) is 8.42 Å². The molecule has 5 nitrogen and oxygen atoms in total. The maximum atomic E-state index is 12.1. The van der Waals surface area contributed by atoms with E-state index in [1.54, 1.807) is 0 Å². The van der Waals surface area contributed by atoms with E-state index < -0.39 is 9.84 Å². The molecular formula is C11H20N2O3S. The van der Waals surface area contributed by atoms with Crippen molar-refractivity contribution in [3.8, 4) is 0 Å². The lowest BCUT2D eigenvalue weighted by Gasteiger charge is -2.33. The number of hydrogen-bond donors (Lipinski definition) is 1. The van der Waals surface area contributed by atoms with Crippen LogP contribution in [0.4, 0.5) is 0 Å². The highest BCUT2D eigenvalue weighted by atomic mass is 32.2. The zero-order valence-corrected chi connectivity index (χ0v) is 11.0. The quantitative estimate of drug-likeness (QED) is 0.736. The molecule has 0 saturated carbocycles. The van der Waals surface area contributed by atoms with Gasteiger partial charge in [-0.3, -0.25) is 4.79 Å². The van der Waals surface area contributed by atoms with E-state index in [1.165, 1.54) is 0 Å². The summed E-state index contributed by atoms with van der Waals surface area (Å²) in [6, 6.07) is 0.492. The zero-order chi connectivity index (χ0) is 12.5. The van der Waals surface area contributed by atoms with E-state index in [2.05, 4.69) is 5.32 Å². The van der Waals surface area contributed by atoms with Crippen LogP contribution < -0.4 is 5.32 Å². The molecule has 6 heteroatoms. The minimum atomic E-state index is -2.95. The highest BCUT2D eigenvalue weighted by Crippen LogP contribution is 2.22. The number of nitrogens with one attached hydrogen (secondary N) is 1. The predicted molar refractivity (Wildman–Crippen MR) is 65.4 cm³/mol. The first-order chi connectivity index (χ1) is 8.02. The SMILES string of the molecule is CNC1CCN(C(=O)C2CCS(=O)(=O)C2)CC1. The molecule has 0 aromatic carbocycles. The Hall–Kier alpha value is -0.620. The van der Waals surface area contributed by atoms with E-state index in [0.29, 0.717) is 12.5 Å². The van der Waals surface area contributed by atoms with Crippen LogP contribution in [0.25, 0.3) is 0 Å². The molecule has 1 atom stereocenters. The van der Waals surface area contributed by atoms with Crippen molar-refractivity contribution in [3.63, 3.8) is 0 Å². The van der Waals surface area contributed by atoms with Crippen LogP contribution in [0.3, 0.4) is 0 Å². The van der Waals surface area contributed by atoms with Gasteiger partial charge in [0.05, 0.1) is 17.4 Å². The van der Waals surface area contributed by atoms with Gasteiger partial charge in [0.1, 0.15) is 0 Å². The first kappa shape index (κ1) is 12.8. The topological polar surface area (TPSA) is 66.5 Å². The summed E-state index contributed by atoms with van der Waals surface area (Å²) < 4.78 is 22.7. The minimum Gasteiger partial charge on any atom is -0.342 e. The summed E-state index contributed by atoms with van der Waals surface area (Å²) in [6.45, 7) is 1.50. The molecular weight excluding hydrogens is 240 g/mol. The summed E-state index contributed by atoms with van der Waals surface area (Å²) in [5, 5.41) is 3.21. The molecule has 2 fully saturated rings. The molecule has 2 saturated heterocycles. The van der Waals surface area contributed by atoms with E-state index in [-0.39, 0.29) is 23.3 Å². The van der Waals surface area contributed by atoms with Gasteiger partial charge < -0.3 is 10.2 Å². The highest BCUT2D eigenvalue weighted by molar-refractivity contribution is 7.91. The Bertz CT molecular complexity index is 386. The van der Waals surface area contributed by atoms with Crippen molar-refractivity contribution >= 4 is 15.7 Å². The van der Waals surface area contributed by atoms with Crippen molar-refractivity contribution < 1.29 is 13.2 Å². The monoisotopic (exact) mass is 260 g/mol. The fourth-order valence-electron chi connectivity index (χ4n) is 2.64. The third-order valence-electron chi connectivity index (χ3n) is 3.80. The Morgan fingerprint density at radius 1 is 1.24 bits per heavy atom. The van der Waals surface area contributed by atoms with Crippen molar-refractivity contribution in [1.82, 2.24) is 10.2 Å². The second kappa shape index (κ2) is 4.94. The average molecular weight is 260 g/mol. The molecule has 0 bridgehead atoms. The molecule has 17 heavy (non-hydrogen) atoms. The van der Waals surface area contributed by atoms with Crippen molar-refractivity contribution in [2.45, 2.75) is 25.3 Å². The van der Waals surface area contributed by atoms with Crippen LogP contribution >= 0.6 is 0 Å². The zero-order valence-electron chi connectivity index (χ0n) is 10.2. The molecule has 0 aromatic rings. The maximum Gasteiger partial charge on any atom is 0.226 e. The number of rotatable bonds is 2. The number of hydrogen-bond acceptors (Lipinski definition) is 4. The Labute approximate surface area is 102 Å². The van der Waals surface area contributed by atoms with Gasteiger partial charge in [0.2, 0.25) is 5.91 Å². The maximum absolute atomic E-state index is 12.1. The molecule has 2 aliphatic rings. The lowest BCUT2D eigenvalue weighted by molar-refractivity contribution is -0.135. The summed E-state index contributed by atoms with van der Waals surface area (Å²) >= 11 is 0. The lowest BCUT2D eigenvalue weighted by Crippen LogP contribution is -2.46. The molecule has 1 unspecified atom stereocenters. The fourth-order valence-corrected chi connectivity index (χ4v) is 4.37. The van der Waals surface area contributed by atoms with Gasteiger partial charge in [0, 0.05) is 19.1 Å². The van der Waals surface area contributed by atoms with E-state index >= 15 is 0 Å². The number of likely N-dealkylation sites (tertiary alicyclic amines) is 1.